The number of hydrogen-bond acceptors (Lipinski definition) is 3. The zero-order valence-corrected chi connectivity index (χ0v) is 10.8. The molecule has 0 aliphatic carbocycles. The SMILES string of the molecule is CCOC(=O)c1ccc(C(=O)CBr)c(C)c1. The Morgan fingerprint density at radius 3 is 2.56 bits per heavy atom. The molecular formula is C12H13BrO3. The van der Waals surface area contributed by atoms with Crippen LogP contribution >= 0.6 is 15.9 Å². The van der Waals surface area contributed by atoms with E-state index in [-0.39, 0.29) is 17.1 Å². The lowest BCUT2D eigenvalue weighted by Crippen LogP contribution is -2.08. The highest BCUT2D eigenvalue weighted by atomic mass is 79.9. The Morgan fingerprint density at radius 1 is 1.38 bits per heavy atom. The van der Waals surface area contributed by atoms with Gasteiger partial charge in [-0.3, -0.25) is 4.79 Å². The number of Topliss-reactive ketones (excluding diaryl/α,β-unsaturated/α-hetero) is 1. The van der Waals surface area contributed by atoms with E-state index in [2.05, 4.69) is 15.9 Å². The summed E-state index contributed by atoms with van der Waals surface area (Å²) in [4.78, 5) is 22.9. The molecule has 0 amide bonds. The Balaban J connectivity index is 2.99. The Labute approximate surface area is 103 Å². The molecule has 0 bridgehead atoms. The molecule has 0 atom stereocenters. The average molecular weight is 285 g/mol. The summed E-state index contributed by atoms with van der Waals surface area (Å²) in [5, 5.41) is 0.284. The number of carbonyl (C=O) groups is 2. The highest BCUT2D eigenvalue weighted by Crippen LogP contribution is 2.13. The van der Waals surface area contributed by atoms with Gasteiger partial charge in [0.1, 0.15) is 0 Å². The molecule has 0 heterocycles. The number of ether oxygens (including phenoxy) is 1. The molecule has 0 N–H and O–H groups in total. The van der Waals surface area contributed by atoms with Crippen LogP contribution in [-0.2, 0) is 4.74 Å². The maximum Gasteiger partial charge on any atom is 0.338 e. The van der Waals surface area contributed by atoms with E-state index in [1.807, 2.05) is 0 Å². The molecule has 1 aromatic carbocycles. The number of esters is 1. The quantitative estimate of drug-likeness (QED) is 0.485. The first-order valence-corrected chi connectivity index (χ1v) is 6.09. The van der Waals surface area contributed by atoms with Crippen molar-refractivity contribution in [3.05, 3.63) is 34.9 Å². The normalized spacial score (nSPS) is 9.94. The zero-order chi connectivity index (χ0) is 12.1. The predicted octanol–water partition coefficient (Wildman–Crippen LogP) is 2.75. The summed E-state index contributed by atoms with van der Waals surface area (Å²) >= 11 is 3.12. The molecule has 0 aliphatic rings. The summed E-state index contributed by atoms with van der Waals surface area (Å²) in [5.41, 5.74) is 1.89. The highest BCUT2D eigenvalue weighted by molar-refractivity contribution is 9.09. The molecule has 0 aliphatic heterocycles. The molecule has 0 spiro atoms. The molecule has 3 nitrogen and oxygen atoms in total. The summed E-state index contributed by atoms with van der Waals surface area (Å²) in [5.74, 6) is -0.351. The fraction of sp³-hybridized carbons (Fsp3) is 0.333. The third-order valence-electron chi connectivity index (χ3n) is 2.16. The van der Waals surface area contributed by atoms with Crippen molar-refractivity contribution in [2.45, 2.75) is 13.8 Å². The van der Waals surface area contributed by atoms with E-state index in [0.717, 1.165) is 5.56 Å². The zero-order valence-electron chi connectivity index (χ0n) is 9.25. The van der Waals surface area contributed by atoms with Gasteiger partial charge in [-0.25, -0.2) is 4.79 Å². The van der Waals surface area contributed by atoms with Gasteiger partial charge in [-0.1, -0.05) is 22.0 Å². The van der Waals surface area contributed by atoms with Crippen molar-refractivity contribution in [1.29, 1.82) is 0 Å². The van der Waals surface area contributed by atoms with Gasteiger partial charge in [-0.2, -0.15) is 0 Å². The Bertz CT molecular complexity index is 413. The lowest BCUT2D eigenvalue weighted by molar-refractivity contribution is 0.0526. The van der Waals surface area contributed by atoms with E-state index in [0.29, 0.717) is 17.7 Å². The van der Waals surface area contributed by atoms with Crippen LogP contribution in [0.25, 0.3) is 0 Å². The fourth-order valence-electron chi connectivity index (χ4n) is 1.39. The topological polar surface area (TPSA) is 43.4 Å². The monoisotopic (exact) mass is 284 g/mol. The van der Waals surface area contributed by atoms with Crippen molar-refractivity contribution in [3.63, 3.8) is 0 Å². The fourth-order valence-corrected chi connectivity index (χ4v) is 1.69. The van der Waals surface area contributed by atoms with Crippen molar-refractivity contribution in [1.82, 2.24) is 0 Å². The molecule has 0 aromatic heterocycles. The number of hydrogen-bond donors (Lipinski definition) is 0. The second-order valence-electron chi connectivity index (χ2n) is 3.31. The Hall–Kier alpha value is -1.16. The van der Waals surface area contributed by atoms with Gasteiger partial charge < -0.3 is 4.74 Å². The number of halogens is 1. The van der Waals surface area contributed by atoms with Gasteiger partial charge in [0.05, 0.1) is 17.5 Å². The van der Waals surface area contributed by atoms with Gasteiger partial charge in [-0.15, -0.1) is 0 Å². The molecule has 4 heteroatoms. The van der Waals surface area contributed by atoms with Crippen LogP contribution in [0.2, 0.25) is 0 Å². The number of aryl methyl sites for hydroxylation is 1. The van der Waals surface area contributed by atoms with Crippen LogP contribution in [0.3, 0.4) is 0 Å². The van der Waals surface area contributed by atoms with E-state index < -0.39 is 0 Å². The number of carbonyl (C=O) groups excluding carboxylic acids is 2. The maximum absolute atomic E-state index is 11.5. The molecule has 86 valence electrons. The van der Waals surface area contributed by atoms with Crippen LogP contribution in [-0.4, -0.2) is 23.7 Å². The van der Waals surface area contributed by atoms with E-state index in [1.165, 1.54) is 0 Å². The summed E-state index contributed by atoms with van der Waals surface area (Å²) in [7, 11) is 0. The van der Waals surface area contributed by atoms with Gasteiger partial charge >= 0.3 is 5.97 Å². The smallest absolute Gasteiger partial charge is 0.338 e. The van der Waals surface area contributed by atoms with Gasteiger partial charge in [-0.05, 0) is 31.5 Å². The second kappa shape index (κ2) is 5.80. The number of alkyl halides is 1. The molecule has 1 aromatic rings. The molecule has 1 rings (SSSR count). The van der Waals surface area contributed by atoms with E-state index in [1.54, 1.807) is 32.0 Å². The third-order valence-corrected chi connectivity index (χ3v) is 2.67. The second-order valence-corrected chi connectivity index (χ2v) is 3.87. The van der Waals surface area contributed by atoms with E-state index in [4.69, 9.17) is 4.74 Å². The van der Waals surface area contributed by atoms with Crippen LogP contribution in [0.4, 0.5) is 0 Å². The summed E-state index contributed by atoms with van der Waals surface area (Å²) in [6, 6.07) is 4.94. The summed E-state index contributed by atoms with van der Waals surface area (Å²) in [6.45, 7) is 3.91. The standard InChI is InChI=1S/C12H13BrO3/c1-3-16-12(15)9-4-5-10(8(2)6-9)11(14)7-13/h4-6H,3,7H2,1-2H3. The lowest BCUT2D eigenvalue weighted by atomic mass is 10.0. The van der Waals surface area contributed by atoms with Crippen molar-refractivity contribution in [2.75, 3.05) is 11.9 Å². The predicted molar refractivity (Wildman–Crippen MR) is 65.3 cm³/mol. The van der Waals surface area contributed by atoms with Crippen LogP contribution in [0, 0.1) is 6.92 Å². The number of rotatable bonds is 4. The number of benzene rings is 1. The minimum Gasteiger partial charge on any atom is -0.462 e. The minimum absolute atomic E-state index is 0.00732. The van der Waals surface area contributed by atoms with Crippen LogP contribution in [0.1, 0.15) is 33.2 Å². The molecular weight excluding hydrogens is 272 g/mol. The van der Waals surface area contributed by atoms with Gasteiger partial charge in [0.2, 0.25) is 0 Å². The van der Waals surface area contributed by atoms with Gasteiger partial charge in [0.15, 0.2) is 5.78 Å². The van der Waals surface area contributed by atoms with Gasteiger partial charge in [0, 0.05) is 5.56 Å². The first kappa shape index (κ1) is 12.9. The first-order chi connectivity index (χ1) is 7.60. The third kappa shape index (κ3) is 2.92. The highest BCUT2D eigenvalue weighted by Gasteiger charge is 2.11. The van der Waals surface area contributed by atoms with E-state index in [9.17, 15) is 9.59 Å². The van der Waals surface area contributed by atoms with Gasteiger partial charge in [0.25, 0.3) is 0 Å². The van der Waals surface area contributed by atoms with Crippen molar-refractivity contribution in [2.24, 2.45) is 0 Å². The van der Waals surface area contributed by atoms with Crippen molar-refractivity contribution >= 4 is 27.7 Å². The van der Waals surface area contributed by atoms with Crippen LogP contribution in [0.5, 0.6) is 0 Å². The Morgan fingerprint density at radius 2 is 2.06 bits per heavy atom. The molecule has 0 unspecified atom stereocenters. The number of ketones is 1. The largest absolute Gasteiger partial charge is 0.462 e. The molecule has 0 fully saturated rings. The van der Waals surface area contributed by atoms with Crippen molar-refractivity contribution in [3.8, 4) is 0 Å². The first-order valence-electron chi connectivity index (χ1n) is 4.97. The average Bonchev–Trinajstić information content (AvgIpc) is 2.28. The van der Waals surface area contributed by atoms with E-state index >= 15 is 0 Å². The minimum atomic E-state index is -0.358. The van der Waals surface area contributed by atoms with Crippen molar-refractivity contribution < 1.29 is 14.3 Å². The molecule has 16 heavy (non-hydrogen) atoms. The summed E-state index contributed by atoms with van der Waals surface area (Å²) in [6.07, 6.45) is 0. The molecule has 0 saturated carbocycles. The van der Waals surface area contributed by atoms with Crippen LogP contribution in [0.15, 0.2) is 18.2 Å². The summed E-state index contributed by atoms with van der Waals surface area (Å²) < 4.78 is 4.88. The Kier molecular flexibility index (Phi) is 4.68. The lowest BCUT2D eigenvalue weighted by Gasteiger charge is -2.06. The maximum atomic E-state index is 11.5. The van der Waals surface area contributed by atoms with Crippen LogP contribution < -0.4 is 0 Å². The molecule has 0 radical (unpaired) electrons. The molecule has 0 saturated heterocycles.